The summed E-state index contributed by atoms with van der Waals surface area (Å²) < 4.78 is 16.5. The summed E-state index contributed by atoms with van der Waals surface area (Å²) >= 11 is 0. The van der Waals surface area contributed by atoms with Crippen LogP contribution in [0.5, 0.6) is 5.75 Å². The van der Waals surface area contributed by atoms with Crippen LogP contribution < -0.4 is 0 Å². The van der Waals surface area contributed by atoms with E-state index in [1.54, 1.807) is 12.1 Å². The molecule has 1 unspecified atom stereocenters. The number of carbonyl (C=O) groups excluding carboxylic acids is 2. The van der Waals surface area contributed by atoms with Gasteiger partial charge in [0.1, 0.15) is 17.5 Å². The summed E-state index contributed by atoms with van der Waals surface area (Å²) in [4.78, 5) is 24.9. The first-order chi connectivity index (χ1) is 16.2. The Kier molecular flexibility index (Phi) is 8.35. The van der Waals surface area contributed by atoms with Gasteiger partial charge in [0.2, 0.25) is 6.29 Å². The second kappa shape index (κ2) is 11.0. The molecule has 3 rings (SSSR count). The number of aliphatic hydroxyl groups excluding tert-OH is 2. The zero-order chi connectivity index (χ0) is 24.9. The molecule has 4 N–H and O–H groups in total. The lowest BCUT2D eigenvalue weighted by Gasteiger charge is -2.39. The van der Waals surface area contributed by atoms with Gasteiger partial charge in [-0.05, 0) is 41.7 Å². The number of hydrogen-bond acceptors (Lipinski definition) is 9. The number of phenols is 1. The maximum atomic E-state index is 12.5. The van der Waals surface area contributed by atoms with Crippen molar-refractivity contribution in [3.8, 4) is 5.75 Å². The van der Waals surface area contributed by atoms with E-state index in [2.05, 4.69) is 0 Å². The minimum absolute atomic E-state index is 0.0932. The SMILES string of the molecule is CCC(C)CC(=O)O[C@@H]1OC=C(CO)[C@H]2C[C@H](OC(=O)/C=C\c3ccc(O)cc3)[C@](O)(CO)[C@@H]12. The van der Waals surface area contributed by atoms with Gasteiger partial charge in [-0.2, -0.15) is 0 Å². The third-order valence-electron chi connectivity index (χ3n) is 6.62. The van der Waals surface area contributed by atoms with Crippen LogP contribution in [0.15, 0.2) is 42.2 Å². The van der Waals surface area contributed by atoms with Crippen molar-refractivity contribution >= 4 is 18.0 Å². The van der Waals surface area contributed by atoms with Gasteiger partial charge in [0.25, 0.3) is 0 Å². The smallest absolute Gasteiger partial charge is 0.331 e. The number of carbonyl (C=O) groups is 2. The van der Waals surface area contributed by atoms with Crippen LogP contribution in [0.25, 0.3) is 6.08 Å². The summed E-state index contributed by atoms with van der Waals surface area (Å²) in [6, 6.07) is 6.17. The number of rotatable bonds is 9. The van der Waals surface area contributed by atoms with E-state index in [0.717, 1.165) is 6.42 Å². The monoisotopic (exact) mass is 476 g/mol. The van der Waals surface area contributed by atoms with Gasteiger partial charge in [0, 0.05) is 18.4 Å². The van der Waals surface area contributed by atoms with E-state index < -0.39 is 48.4 Å². The van der Waals surface area contributed by atoms with E-state index in [4.69, 9.17) is 14.2 Å². The van der Waals surface area contributed by atoms with E-state index in [1.165, 1.54) is 30.5 Å². The van der Waals surface area contributed by atoms with Crippen molar-refractivity contribution < 1.29 is 44.2 Å². The van der Waals surface area contributed by atoms with Gasteiger partial charge in [0.15, 0.2) is 0 Å². The molecule has 1 aliphatic carbocycles. The van der Waals surface area contributed by atoms with Crippen LogP contribution >= 0.6 is 0 Å². The highest BCUT2D eigenvalue weighted by atomic mass is 16.7. The Balaban J connectivity index is 1.77. The van der Waals surface area contributed by atoms with Gasteiger partial charge < -0.3 is 34.6 Å². The number of benzene rings is 1. The molecule has 1 heterocycles. The molecule has 6 atom stereocenters. The molecule has 1 aromatic carbocycles. The average Bonchev–Trinajstić information content (AvgIpc) is 3.11. The number of aliphatic hydroxyl groups is 3. The molecule has 0 radical (unpaired) electrons. The maximum absolute atomic E-state index is 12.5. The lowest BCUT2D eigenvalue weighted by Crippen LogP contribution is -2.54. The first-order valence-corrected chi connectivity index (χ1v) is 11.4. The van der Waals surface area contributed by atoms with Crippen LogP contribution in [0, 0.1) is 17.8 Å². The first kappa shape index (κ1) is 25.7. The minimum Gasteiger partial charge on any atom is -0.508 e. The fourth-order valence-electron chi connectivity index (χ4n) is 4.43. The molecule has 9 nitrogen and oxygen atoms in total. The standard InChI is InChI=1S/C25H32O9/c1-3-15(2)10-22(30)34-24-23-19(17(12-26)13-32-24)11-20(25(23,31)14-27)33-21(29)9-6-16-4-7-18(28)8-5-16/h4-9,13,15,19-20,23-24,26-28,31H,3,10-12,14H2,1-2H3/b9-6-/t15?,19-,20+,23-,24+,25-/m1/s1. The zero-order valence-electron chi connectivity index (χ0n) is 19.3. The summed E-state index contributed by atoms with van der Waals surface area (Å²) in [6.07, 6.45) is 2.70. The van der Waals surface area contributed by atoms with Crippen LogP contribution in [-0.4, -0.2) is 63.6 Å². The number of aromatic hydroxyl groups is 1. The topological polar surface area (TPSA) is 143 Å². The van der Waals surface area contributed by atoms with Gasteiger partial charge >= 0.3 is 11.9 Å². The fraction of sp³-hybridized carbons (Fsp3) is 0.520. The highest BCUT2D eigenvalue weighted by Crippen LogP contribution is 2.50. The van der Waals surface area contributed by atoms with Crippen LogP contribution in [0.2, 0.25) is 0 Å². The largest absolute Gasteiger partial charge is 0.508 e. The average molecular weight is 477 g/mol. The lowest BCUT2D eigenvalue weighted by molar-refractivity contribution is -0.221. The molecule has 1 aliphatic heterocycles. The molecule has 0 aromatic heterocycles. The number of hydrogen-bond donors (Lipinski definition) is 4. The normalized spacial score (nSPS) is 29.1. The van der Waals surface area contributed by atoms with Crippen molar-refractivity contribution in [1.29, 1.82) is 0 Å². The molecule has 1 fully saturated rings. The van der Waals surface area contributed by atoms with Crippen molar-refractivity contribution in [2.75, 3.05) is 13.2 Å². The number of ether oxygens (including phenoxy) is 3. The number of phenolic OH excluding ortho intramolecular Hbond substituents is 1. The molecule has 0 spiro atoms. The van der Waals surface area contributed by atoms with Crippen molar-refractivity contribution in [2.45, 2.75) is 51.1 Å². The molecule has 1 saturated carbocycles. The predicted molar refractivity (Wildman–Crippen MR) is 121 cm³/mol. The van der Waals surface area contributed by atoms with E-state index >= 15 is 0 Å². The van der Waals surface area contributed by atoms with Crippen LogP contribution in [0.3, 0.4) is 0 Å². The lowest BCUT2D eigenvalue weighted by atomic mass is 9.80. The summed E-state index contributed by atoms with van der Waals surface area (Å²) in [7, 11) is 0. The van der Waals surface area contributed by atoms with Crippen LogP contribution in [0.4, 0.5) is 0 Å². The minimum atomic E-state index is -1.96. The highest BCUT2D eigenvalue weighted by Gasteiger charge is 2.62. The molecule has 0 saturated heterocycles. The molecule has 0 bridgehead atoms. The summed E-state index contributed by atoms with van der Waals surface area (Å²) in [6.45, 7) is 2.74. The van der Waals surface area contributed by atoms with E-state index in [1.807, 2.05) is 13.8 Å². The zero-order valence-corrected chi connectivity index (χ0v) is 19.3. The Hall–Kier alpha value is -2.88. The Labute approximate surface area is 198 Å². The molecule has 1 aromatic rings. The second-order valence-electron chi connectivity index (χ2n) is 8.93. The molecular formula is C25H32O9. The molecule has 34 heavy (non-hydrogen) atoms. The highest BCUT2D eigenvalue weighted by molar-refractivity contribution is 5.87. The first-order valence-electron chi connectivity index (χ1n) is 11.4. The molecule has 186 valence electrons. The second-order valence-corrected chi connectivity index (χ2v) is 8.93. The van der Waals surface area contributed by atoms with Gasteiger partial charge in [0.05, 0.1) is 25.4 Å². The van der Waals surface area contributed by atoms with Crippen molar-refractivity contribution in [3.05, 3.63) is 47.7 Å². The van der Waals surface area contributed by atoms with Crippen LogP contribution in [-0.2, 0) is 23.8 Å². The van der Waals surface area contributed by atoms with E-state index in [-0.39, 0.29) is 31.1 Å². The summed E-state index contributed by atoms with van der Waals surface area (Å²) in [5, 5.41) is 40.6. The third kappa shape index (κ3) is 5.60. The van der Waals surface area contributed by atoms with E-state index in [0.29, 0.717) is 11.1 Å². The molecular weight excluding hydrogens is 444 g/mol. The number of esters is 2. The summed E-state index contributed by atoms with van der Waals surface area (Å²) in [5.74, 6) is -2.53. The van der Waals surface area contributed by atoms with Gasteiger partial charge in [-0.25, -0.2) is 4.79 Å². The molecule has 9 heteroatoms. The van der Waals surface area contributed by atoms with E-state index in [9.17, 15) is 30.0 Å². The van der Waals surface area contributed by atoms with Crippen molar-refractivity contribution in [1.82, 2.24) is 0 Å². The predicted octanol–water partition coefficient (Wildman–Crippen LogP) is 1.89. The fourth-order valence-corrected chi connectivity index (χ4v) is 4.43. The Morgan fingerprint density at radius 3 is 2.56 bits per heavy atom. The Morgan fingerprint density at radius 2 is 1.94 bits per heavy atom. The molecule has 2 aliphatic rings. The maximum Gasteiger partial charge on any atom is 0.331 e. The van der Waals surface area contributed by atoms with Crippen molar-refractivity contribution in [2.24, 2.45) is 17.8 Å². The quantitative estimate of drug-likeness (QED) is 0.310. The van der Waals surface area contributed by atoms with Crippen molar-refractivity contribution in [3.63, 3.8) is 0 Å². The van der Waals surface area contributed by atoms with Crippen LogP contribution in [0.1, 0.15) is 38.7 Å². The third-order valence-corrected chi connectivity index (χ3v) is 6.62. The Bertz CT molecular complexity index is 923. The summed E-state index contributed by atoms with van der Waals surface area (Å²) in [5.41, 5.74) is -0.855. The number of fused-ring (bicyclic) bond motifs is 1. The van der Waals surface area contributed by atoms with Gasteiger partial charge in [-0.3, -0.25) is 4.79 Å². The molecule has 0 amide bonds. The van der Waals surface area contributed by atoms with Gasteiger partial charge in [-0.15, -0.1) is 0 Å². The van der Waals surface area contributed by atoms with Gasteiger partial charge in [-0.1, -0.05) is 32.4 Å². The Morgan fingerprint density at radius 1 is 1.24 bits per heavy atom.